The fourth-order valence-corrected chi connectivity index (χ4v) is 1.89. The van der Waals surface area contributed by atoms with Gasteiger partial charge in [-0.05, 0) is 31.7 Å². The highest BCUT2D eigenvalue weighted by Gasteiger charge is 2.22. The summed E-state index contributed by atoms with van der Waals surface area (Å²) in [6.07, 6.45) is 1.11. The average Bonchev–Trinajstić information content (AvgIpc) is 1.96. The molecule has 0 bridgehead atoms. The lowest BCUT2D eigenvalue weighted by atomic mass is 9.88. The maximum Gasteiger partial charge on any atom is 0.0639 e. The molecule has 0 radical (unpaired) electrons. The third-order valence-electron chi connectivity index (χ3n) is 2.94. The van der Waals surface area contributed by atoms with Gasteiger partial charge in [-0.1, -0.05) is 13.8 Å². The van der Waals surface area contributed by atoms with Gasteiger partial charge in [0.25, 0.3) is 0 Å². The molecule has 0 amide bonds. The molecule has 1 N–H and O–H groups in total. The van der Waals surface area contributed by atoms with E-state index in [1.807, 2.05) is 6.92 Å². The Balaban J connectivity index is 2.30. The Morgan fingerprint density at radius 1 is 1.42 bits per heavy atom. The predicted octanol–water partition coefficient (Wildman–Crippen LogP) is 1.35. The van der Waals surface area contributed by atoms with Gasteiger partial charge < -0.3 is 10.0 Å². The zero-order valence-electron chi connectivity index (χ0n) is 8.45. The van der Waals surface area contributed by atoms with Crippen LogP contribution in [0.25, 0.3) is 0 Å². The zero-order valence-corrected chi connectivity index (χ0v) is 8.45. The van der Waals surface area contributed by atoms with Crippen LogP contribution in [-0.4, -0.2) is 35.7 Å². The minimum absolute atomic E-state index is 0.175. The molecule has 12 heavy (non-hydrogen) atoms. The Labute approximate surface area is 75.6 Å². The fraction of sp³-hybridized carbons (Fsp3) is 1.00. The molecule has 0 aliphatic carbocycles. The van der Waals surface area contributed by atoms with E-state index in [4.69, 9.17) is 0 Å². The molecule has 2 heteroatoms. The van der Waals surface area contributed by atoms with Crippen LogP contribution in [0.1, 0.15) is 27.2 Å². The smallest absolute Gasteiger partial charge is 0.0639 e. The van der Waals surface area contributed by atoms with Crippen molar-refractivity contribution in [2.45, 2.75) is 33.3 Å². The number of hydrogen-bond acceptors (Lipinski definition) is 2. The van der Waals surface area contributed by atoms with Gasteiger partial charge in [-0.3, -0.25) is 0 Å². The summed E-state index contributed by atoms with van der Waals surface area (Å²) in [5, 5.41) is 9.22. The van der Waals surface area contributed by atoms with Gasteiger partial charge >= 0.3 is 0 Å². The first-order valence-electron chi connectivity index (χ1n) is 5.00. The third kappa shape index (κ3) is 2.76. The number of nitrogens with zero attached hydrogens (tertiary/aromatic N) is 1. The van der Waals surface area contributed by atoms with Gasteiger partial charge in [0.1, 0.15) is 0 Å². The largest absolute Gasteiger partial charge is 0.392 e. The minimum Gasteiger partial charge on any atom is -0.392 e. The van der Waals surface area contributed by atoms with E-state index in [0.29, 0.717) is 0 Å². The number of piperidine rings is 1. The Morgan fingerprint density at radius 2 is 2.08 bits per heavy atom. The van der Waals surface area contributed by atoms with Crippen molar-refractivity contribution in [2.75, 3.05) is 19.6 Å². The van der Waals surface area contributed by atoms with Gasteiger partial charge in [0.15, 0.2) is 0 Å². The Bertz CT molecular complexity index is 136. The molecule has 0 spiro atoms. The van der Waals surface area contributed by atoms with Crippen LogP contribution in [0.15, 0.2) is 0 Å². The lowest BCUT2D eigenvalue weighted by molar-refractivity contribution is 0.0792. The first-order chi connectivity index (χ1) is 5.59. The van der Waals surface area contributed by atoms with Gasteiger partial charge in [-0.2, -0.15) is 0 Å². The van der Waals surface area contributed by atoms with E-state index in [-0.39, 0.29) is 6.10 Å². The summed E-state index contributed by atoms with van der Waals surface area (Å²) in [7, 11) is 0. The second-order valence-electron chi connectivity index (χ2n) is 4.35. The minimum atomic E-state index is -0.175. The summed E-state index contributed by atoms with van der Waals surface area (Å²) >= 11 is 0. The zero-order chi connectivity index (χ0) is 9.14. The van der Waals surface area contributed by atoms with Crippen LogP contribution in [0.4, 0.5) is 0 Å². The number of hydrogen-bond donors (Lipinski definition) is 1. The highest BCUT2D eigenvalue weighted by Crippen LogP contribution is 2.22. The second-order valence-corrected chi connectivity index (χ2v) is 4.35. The van der Waals surface area contributed by atoms with Gasteiger partial charge in [0.2, 0.25) is 0 Å². The normalized spacial score (nSPS) is 35.0. The van der Waals surface area contributed by atoms with Gasteiger partial charge in [-0.15, -0.1) is 0 Å². The summed E-state index contributed by atoms with van der Waals surface area (Å²) in [4.78, 5) is 2.37. The van der Waals surface area contributed by atoms with E-state index >= 15 is 0 Å². The second kappa shape index (κ2) is 4.24. The summed E-state index contributed by atoms with van der Waals surface area (Å²) in [6, 6.07) is 0. The molecule has 2 nitrogen and oxygen atoms in total. The van der Waals surface area contributed by atoms with Crippen molar-refractivity contribution in [1.82, 2.24) is 4.90 Å². The summed E-state index contributed by atoms with van der Waals surface area (Å²) in [6.45, 7) is 9.66. The van der Waals surface area contributed by atoms with Gasteiger partial charge in [-0.25, -0.2) is 0 Å². The van der Waals surface area contributed by atoms with Crippen LogP contribution in [-0.2, 0) is 0 Å². The van der Waals surface area contributed by atoms with E-state index in [2.05, 4.69) is 18.7 Å². The maximum atomic E-state index is 9.22. The van der Waals surface area contributed by atoms with Crippen molar-refractivity contribution < 1.29 is 5.11 Å². The molecule has 0 saturated carbocycles. The molecule has 3 atom stereocenters. The Hall–Kier alpha value is -0.0800. The summed E-state index contributed by atoms with van der Waals surface area (Å²) in [5.74, 6) is 1.65. The van der Waals surface area contributed by atoms with Crippen LogP contribution in [0.3, 0.4) is 0 Å². The van der Waals surface area contributed by atoms with Crippen LogP contribution in [0, 0.1) is 11.8 Å². The van der Waals surface area contributed by atoms with Crippen molar-refractivity contribution in [2.24, 2.45) is 11.8 Å². The predicted molar refractivity (Wildman–Crippen MR) is 51.1 cm³/mol. The molecule has 3 unspecified atom stereocenters. The SMILES string of the molecule is CC(O)CN1CCC(C)C(C)C1. The van der Waals surface area contributed by atoms with Crippen LogP contribution in [0.2, 0.25) is 0 Å². The average molecular weight is 171 g/mol. The van der Waals surface area contributed by atoms with Gasteiger partial charge in [0.05, 0.1) is 6.10 Å². The highest BCUT2D eigenvalue weighted by atomic mass is 16.3. The number of β-amino-alcohol motifs (C(OH)–C–C–N with tert-alkyl or cyclic N) is 1. The Kier molecular flexibility index (Phi) is 3.53. The molecule has 1 aliphatic rings. The third-order valence-corrected chi connectivity index (χ3v) is 2.94. The fourth-order valence-electron chi connectivity index (χ4n) is 1.89. The van der Waals surface area contributed by atoms with Gasteiger partial charge in [0, 0.05) is 13.1 Å². The molecular weight excluding hydrogens is 150 g/mol. The number of aliphatic hydroxyl groups is 1. The van der Waals surface area contributed by atoms with Crippen LogP contribution < -0.4 is 0 Å². The standard InChI is InChI=1S/C10H21NO/c1-8-4-5-11(6-9(8)2)7-10(3)12/h8-10,12H,4-7H2,1-3H3. The summed E-state index contributed by atoms with van der Waals surface area (Å²) < 4.78 is 0. The van der Waals surface area contributed by atoms with Crippen molar-refractivity contribution in [3.05, 3.63) is 0 Å². The Morgan fingerprint density at radius 3 is 2.58 bits per heavy atom. The molecule has 1 rings (SSSR count). The lowest BCUT2D eigenvalue weighted by Gasteiger charge is -2.35. The monoisotopic (exact) mass is 171 g/mol. The van der Waals surface area contributed by atoms with E-state index in [0.717, 1.165) is 31.5 Å². The van der Waals surface area contributed by atoms with E-state index < -0.39 is 0 Å². The van der Waals surface area contributed by atoms with E-state index in [1.54, 1.807) is 0 Å². The maximum absolute atomic E-state index is 9.22. The molecule has 1 saturated heterocycles. The van der Waals surface area contributed by atoms with Crippen LogP contribution in [0.5, 0.6) is 0 Å². The molecule has 0 aromatic carbocycles. The molecule has 0 aromatic heterocycles. The van der Waals surface area contributed by atoms with Crippen molar-refractivity contribution in [3.8, 4) is 0 Å². The molecule has 72 valence electrons. The number of aliphatic hydroxyl groups excluding tert-OH is 1. The van der Waals surface area contributed by atoms with Crippen molar-refractivity contribution in [3.63, 3.8) is 0 Å². The molecule has 1 aliphatic heterocycles. The quantitative estimate of drug-likeness (QED) is 0.678. The number of likely N-dealkylation sites (tertiary alicyclic amines) is 1. The molecular formula is C10H21NO. The van der Waals surface area contributed by atoms with Crippen molar-refractivity contribution >= 4 is 0 Å². The highest BCUT2D eigenvalue weighted by molar-refractivity contribution is 4.75. The lowest BCUT2D eigenvalue weighted by Crippen LogP contribution is -2.41. The molecule has 0 aromatic rings. The summed E-state index contributed by atoms with van der Waals surface area (Å²) in [5.41, 5.74) is 0. The molecule has 1 fully saturated rings. The number of rotatable bonds is 2. The van der Waals surface area contributed by atoms with E-state index in [1.165, 1.54) is 6.42 Å². The van der Waals surface area contributed by atoms with Crippen molar-refractivity contribution in [1.29, 1.82) is 0 Å². The first kappa shape index (κ1) is 10.0. The topological polar surface area (TPSA) is 23.5 Å². The first-order valence-corrected chi connectivity index (χ1v) is 5.00. The molecule has 1 heterocycles. The van der Waals surface area contributed by atoms with E-state index in [9.17, 15) is 5.11 Å². The van der Waals surface area contributed by atoms with Crippen LogP contribution >= 0.6 is 0 Å².